The van der Waals surface area contributed by atoms with Gasteiger partial charge in [0.2, 0.25) is 0 Å². The lowest BCUT2D eigenvalue weighted by atomic mass is 9.99. The van der Waals surface area contributed by atoms with Crippen LogP contribution < -0.4 is 0 Å². The minimum absolute atomic E-state index is 0.0261. The molecule has 0 saturated carbocycles. The van der Waals surface area contributed by atoms with Crippen LogP contribution in [-0.4, -0.2) is 42.6 Å². The van der Waals surface area contributed by atoms with E-state index < -0.39 is 11.9 Å². The summed E-state index contributed by atoms with van der Waals surface area (Å²) < 4.78 is 0. The van der Waals surface area contributed by atoms with Crippen LogP contribution in [0.3, 0.4) is 0 Å². The molecule has 4 aromatic carbocycles. The SMILES string of the molecule is O=C(O)c1cc(Cc2ccc(N=Nc3ccc(O)cc3O)c(C(=O)O)c2)ccc1N=Nc1ccc(O)cc1O. The van der Waals surface area contributed by atoms with Crippen LogP contribution in [0.5, 0.6) is 23.0 Å². The Morgan fingerprint density at radius 1 is 0.513 bits per heavy atom. The molecule has 196 valence electrons. The molecule has 12 heteroatoms. The van der Waals surface area contributed by atoms with E-state index in [0.29, 0.717) is 11.1 Å². The van der Waals surface area contributed by atoms with Crippen molar-refractivity contribution in [3.63, 3.8) is 0 Å². The summed E-state index contributed by atoms with van der Waals surface area (Å²) in [6.45, 7) is 0. The summed E-state index contributed by atoms with van der Waals surface area (Å²) in [5, 5.41) is 73.3. The Labute approximate surface area is 220 Å². The average Bonchev–Trinajstić information content (AvgIpc) is 2.88. The summed E-state index contributed by atoms with van der Waals surface area (Å²) in [5.41, 5.74) is 0.910. The van der Waals surface area contributed by atoms with Gasteiger partial charge < -0.3 is 30.6 Å². The number of phenols is 4. The number of azo groups is 2. The normalized spacial score (nSPS) is 11.3. The van der Waals surface area contributed by atoms with Gasteiger partial charge in [0.05, 0.1) is 11.1 Å². The Bertz CT molecular complexity index is 1530. The first-order valence-corrected chi connectivity index (χ1v) is 11.2. The number of carbonyl (C=O) groups is 2. The van der Waals surface area contributed by atoms with Crippen molar-refractivity contribution in [2.75, 3.05) is 0 Å². The zero-order valence-electron chi connectivity index (χ0n) is 19.9. The number of hydrogen-bond acceptors (Lipinski definition) is 10. The van der Waals surface area contributed by atoms with Crippen LogP contribution in [-0.2, 0) is 6.42 Å². The van der Waals surface area contributed by atoms with Gasteiger partial charge in [-0.25, -0.2) is 9.59 Å². The highest BCUT2D eigenvalue weighted by atomic mass is 16.4. The lowest BCUT2D eigenvalue weighted by molar-refractivity contribution is 0.0687. The van der Waals surface area contributed by atoms with Gasteiger partial charge in [0.15, 0.2) is 0 Å². The monoisotopic (exact) mass is 528 g/mol. The quantitative estimate of drug-likeness (QED) is 0.142. The van der Waals surface area contributed by atoms with Crippen LogP contribution in [0.25, 0.3) is 0 Å². The molecule has 39 heavy (non-hydrogen) atoms. The van der Waals surface area contributed by atoms with Crippen molar-refractivity contribution in [2.45, 2.75) is 6.42 Å². The largest absolute Gasteiger partial charge is 0.508 e. The van der Waals surface area contributed by atoms with Crippen molar-refractivity contribution < 1.29 is 40.2 Å². The van der Waals surface area contributed by atoms with E-state index >= 15 is 0 Å². The Kier molecular flexibility index (Phi) is 7.47. The van der Waals surface area contributed by atoms with Crippen molar-refractivity contribution in [2.24, 2.45) is 20.5 Å². The van der Waals surface area contributed by atoms with Crippen LogP contribution in [0, 0.1) is 0 Å². The number of aromatic carboxylic acids is 2. The van der Waals surface area contributed by atoms with Gasteiger partial charge in [0, 0.05) is 12.1 Å². The second kappa shape index (κ2) is 11.1. The lowest BCUT2D eigenvalue weighted by Crippen LogP contribution is -2.01. The number of aromatic hydroxyl groups is 4. The van der Waals surface area contributed by atoms with Crippen LogP contribution in [0.1, 0.15) is 31.8 Å². The predicted octanol–water partition coefficient (Wildman–Crippen LogP) is 6.33. The number of benzene rings is 4. The second-order valence-electron chi connectivity index (χ2n) is 8.24. The van der Waals surface area contributed by atoms with Gasteiger partial charge in [-0.2, -0.15) is 0 Å². The maximum Gasteiger partial charge on any atom is 0.337 e. The molecule has 0 fully saturated rings. The zero-order valence-corrected chi connectivity index (χ0v) is 19.9. The van der Waals surface area contributed by atoms with E-state index in [0.717, 1.165) is 12.1 Å². The molecule has 0 radical (unpaired) electrons. The smallest absolute Gasteiger partial charge is 0.337 e. The van der Waals surface area contributed by atoms with Gasteiger partial charge in [-0.05, 0) is 66.1 Å². The molecule has 12 nitrogen and oxygen atoms in total. The summed E-state index contributed by atoms with van der Waals surface area (Å²) in [5.74, 6) is -3.52. The summed E-state index contributed by atoms with van der Waals surface area (Å²) >= 11 is 0. The number of phenolic OH excluding ortho intramolecular Hbond substituents is 4. The van der Waals surface area contributed by atoms with Crippen LogP contribution in [0.15, 0.2) is 93.3 Å². The van der Waals surface area contributed by atoms with E-state index in [1.54, 1.807) is 12.1 Å². The fourth-order valence-corrected chi connectivity index (χ4v) is 3.55. The van der Waals surface area contributed by atoms with Crippen molar-refractivity contribution in [1.29, 1.82) is 0 Å². The van der Waals surface area contributed by atoms with Crippen LogP contribution >= 0.6 is 0 Å². The first kappa shape index (κ1) is 26.3. The first-order chi connectivity index (χ1) is 18.6. The van der Waals surface area contributed by atoms with Crippen molar-refractivity contribution >= 4 is 34.7 Å². The fourth-order valence-electron chi connectivity index (χ4n) is 3.55. The molecule has 0 aliphatic carbocycles. The topological polar surface area (TPSA) is 205 Å². The highest BCUT2D eigenvalue weighted by molar-refractivity contribution is 5.94. The highest BCUT2D eigenvalue weighted by Gasteiger charge is 2.15. The third-order valence-electron chi connectivity index (χ3n) is 5.44. The molecule has 0 saturated heterocycles. The highest BCUT2D eigenvalue weighted by Crippen LogP contribution is 2.34. The van der Waals surface area contributed by atoms with Crippen LogP contribution in [0.2, 0.25) is 0 Å². The first-order valence-electron chi connectivity index (χ1n) is 11.2. The zero-order chi connectivity index (χ0) is 28.1. The van der Waals surface area contributed by atoms with Gasteiger partial charge in [-0.15, -0.1) is 20.5 Å². The predicted molar refractivity (Wildman–Crippen MR) is 138 cm³/mol. The van der Waals surface area contributed by atoms with E-state index in [1.165, 1.54) is 48.5 Å². The third kappa shape index (κ3) is 6.32. The number of rotatable bonds is 8. The van der Waals surface area contributed by atoms with Crippen molar-refractivity contribution in [3.05, 3.63) is 95.1 Å². The molecular weight excluding hydrogens is 508 g/mol. The van der Waals surface area contributed by atoms with E-state index in [4.69, 9.17) is 0 Å². The molecule has 6 N–H and O–H groups in total. The fraction of sp³-hybridized carbons (Fsp3) is 0.0370. The minimum atomic E-state index is -1.26. The molecule has 0 spiro atoms. The molecule has 0 aromatic heterocycles. The molecule has 0 unspecified atom stereocenters. The average molecular weight is 528 g/mol. The summed E-state index contributed by atoms with van der Waals surface area (Å²) in [6.07, 6.45) is 0.187. The Balaban J connectivity index is 1.59. The molecule has 4 aromatic rings. The molecule has 0 aliphatic heterocycles. The number of carboxylic acids is 2. The Morgan fingerprint density at radius 2 is 0.872 bits per heavy atom. The maximum absolute atomic E-state index is 11.9. The van der Waals surface area contributed by atoms with Gasteiger partial charge in [0.1, 0.15) is 45.7 Å². The maximum atomic E-state index is 11.9. The van der Waals surface area contributed by atoms with E-state index in [2.05, 4.69) is 20.5 Å². The van der Waals surface area contributed by atoms with E-state index in [9.17, 15) is 40.2 Å². The molecule has 0 atom stereocenters. The molecule has 0 amide bonds. The molecule has 0 heterocycles. The standard InChI is InChI=1S/C27H20N4O8/c32-16-3-7-22(24(34)12-16)30-28-20-5-1-14(10-18(20)26(36)37)9-15-2-6-21(19(11-15)27(38)39)29-31-23-8-4-17(33)13-25(23)35/h1-8,10-13,32-35H,9H2,(H,36,37)(H,38,39). The van der Waals surface area contributed by atoms with Crippen molar-refractivity contribution in [1.82, 2.24) is 0 Å². The Morgan fingerprint density at radius 3 is 1.23 bits per heavy atom. The van der Waals surface area contributed by atoms with Gasteiger partial charge in [-0.1, -0.05) is 12.1 Å². The van der Waals surface area contributed by atoms with Crippen LogP contribution in [0.4, 0.5) is 22.7 Å². The molecule has 0 aliphatic rings. The van der Waals surface area contributed by atoms with Crippen molar-refractivity contribution in [3.8, 4) is 23.0 Å². The summed E-state index contributed by atoms with van der Waals surface area (Å²) in [6, 6.07) is 16.2. The number of nitrogens with zero attached hydrogens (tertiary/aromatic N) is 4. The lowest BCUT2D eigenvalue weighted by Gasteiger charge is -2.08. The molecule has 4 rings (SSSR count). The number of carboxylic acid groups (broad SMARTS) is 2. The Hall–Kier alpha value is -5.78. The number of hydrogen-bond donors (Lipinski definition) is 6. The van der Waals surface area contributed by atoms with E-state index in [1.807, 2.05) is 0 Å². The third-order valence-corrected chi connectivity index (χ3v) is 5.44. The molecular formula is C27H20N4O8. The minimum Gasteiger partial charge on any atom is -0.508 e. The summed E-state index contributed by atoms with van der Waals surface area (Å²) in [7, 11) is 0. The summed E-state index contributed by atoms with van der Waals surface area (Å²) in [4.78, 5) is 23.7. The van der Waals surface area contributed by atoms with E-state index in [-0.39, 0.29) is 63.3 Å². The second-order valence-corrected chi connectivity index (χ2v) is 8.24. The van der Waals surface area contributed by atoms with Gasteiger partial charge in [0.25, 0.3) is 0 Å². The molecule has 0 bridgehead atoms. The van der Waals surface area contributed by atoms with Gasteiger partial charge in [-0.3, -0.25) is 0 Å². The van der Waals surface area contributed by atoms with Gasteiger partial charge >= 0.3 is 11.9 Å².